The quantitative estimate of drug-likeness (QED) is 0.403. The van der Waals surface area contributed by atoms with E-state index in [1.54, 1.807) is 24.1 Å². The summed E-state index contributed by atoms with van der Waals surface area (Å²) in [6.45, 7) is 8.73. The van der Waals surface area contributed by atoms with Gasteiger partial charge < -0.3 is 10.1 Å². The minimum atomic E-state index is -0.282. The zero-order chi connectivity index (χ0) is 23.7. The van der Waals surface area contributed by atoms with Crippen molar-refractivity contribution >= 4 is 27.5 Å². The van der Waals surface area contributed by atoms with E-state index in [-0.39, 0.29) is 5.91 Å². The highest BCUT2D eigenvalue weighted by molar-refractivity contribution is 9.10. The fourth-order valence-electron chi connectivity index (χ4n) is 3.66. The van der Waals surface area contributed by atoms with Crippen LogP contribution in [0.2, 0.25) is 0 Å². The summed E-state index contributed by atoms with van der Waals surface area (Å²) in [7, 11) is 1.65. The Labute approximate surface area is 200 Å². The smallest absolute Gasteiger partial charge is 0.276 e. The van der Waals surface area contributed by atoms with Crippen LogP contribution in [0.15, 0.2) is 41.0 Å². The number of halogens is 1. The normalized spacial score (nSPS) is 11.1. The van der Waals surface area contributed by atoms with Crippen LogP contribution in [0.5, 0.6) is 5.75 Å². The van der Waals surface area contributed by atoms with Gasteiger partial charge in [-0.1, -0.05) is 12.1 Å². The number of aryl methyl sites for hydroxylation is 2. The van der Waals surface area contributed by atoms with Crippen LogP contribution in [-0.2, 0) is 13.2 Å². The molecule has 0 fully saturated rings. The fraction of sp³-hybridized carbons (Fsp3) is 0.304. The van der Waals surface area contributed by atoms with Crippen LogP contribution < -0.4 is 10.1 Å². The van der Waals surface area contributed by atoms with Gasteiger partial charge in [0.2, 0.25) is 0 Å². The molecule has 0 saturated heterocycles. The molecule has 0 bridgehead atoms. The highest BCUT2D eigenvalue weighted by Crippen LogP contribution is 2.23. The molecule has 4 rings (SSSR count). The molecule has 3 aromatic heterocycles. The van der Waals surface area contributed by atoms with Crippen LogP contribution >= 0.6 is 15.9 Å². The molecule has 0 aliphatic rings. The van der Waals surface area contributed by atoms with Crippen molar-refractivity contribution in [3.8, 4) is 5.75 Å². The summed E-state index contributed by atoms with van der Waals surface area (Å²) in [6, 6.07) is 9.54. The second kappa shape index (κ2) is 9.22. The number of methoxy groups -OCH3 is 1. The van der Waals surface area contributed by atoms with Crippen LogP contribution in [0, 0.1) is 27.7 Å². The minimum Gasteiger partial charge on any atom is -0.497 e. The van der Waals surface area contributed by atoms with Gasteiger partial charge in [-0.15, -0.1) is 0 Å². The summed E-state index contributed by atoms with van der Waals surface area (Å²) < 4.78 is 11.7. The molecule has 10 heteroatoms. The first-order valence-electron chi connectivity index (χ1n) is 10.5. The summed E-state index contributed by atoms with van der Waals surface area (Å²) in [4.78, 5) is 12.9. The van der Waals surface area contributed by atoms with Gasteiger partial charge >= 0.3 is 0 Å². The largest absolute Gasteiger partial charge is 0.497 e. The standard InChI is InChI=1S/C23H26BrN7O2/c1-14-21(24)16(3)31(26-14)13-29-10-9-20(28-29)23(32)25-22-15(2)27-30(17(22)4)12-18-7-6-8-19(11-18)33-5/h6-11H,12-13H2,1-5H3,(H,25,32). The maximum Gasteiger partial charge on any atom is 0.276 e. The van der Waals surface area contributed by atoms with Crippen LogP contribution in [0.3, 0.4) is 0 Å². The molecule has 0 aliphatic heterocycles. The average Bonchev–Trinajstić information content (AvgIpc) is 3.44. The Morgan fingerprint density at radius 1 is 1.03 bits per heavy atom. The zero-order valence-corrected chi connectivity index (χ0v) is 20.8. The second-order valence-corrected chi connectivity index (χ2v) is 8.67. The average molecular weight is 512 g/mol. The maximum absolute atomic E-state index is 12.9. The molecule has 9 nitrogen and oxygen atoms in total. The predicted octanol–water partition coefficient (Wildman–Crippen LogP) is 4.09. The van der Waals surface area contributed by atoms with Crippen molar-refractivity contribution in [2.45, 2.75) is 40.9 Å². The Balaban J connectivity index is 1.48. The van der Waals surface area contributed by atoms with Gasteiger partial charge in [-0.25, -0.2) is 4.68 Å². The first-order valence-corrected chi connectivity index (χ1v) is 11.3. The van der Waals surface area contributed by atoms with E-state index in [2.05, 4.69) is 36.5 Å². The number of benzene rings is 1. The zero-order valence-electron chi connectivity index (χ0n) is 19.3. The second-order valence-electron chi connectivity index (χ2n) is 7.88. The van der Waals surface area contributed by atoms with E-state index < -0.39 is 0 Å². The molecule has 0 atom stereocenters. The molecular weight excluding hydrogens is 486 g/mol. The minimum absolute atomic E-state index is 0.282. The number of hydrogen-bond acceptors (Lipinski definition) is 5. The third kappa shape index (κ3) is 4.70. The number of anilines is 1. The first-order chi connectivity index (χ1) is 15.8. The van der Waals surface area contributed by atoms with E-state index in [1.807, 2.05) is 61.3 Å². The first kappa shape index (κ1) is 22.8. The molecule has 1 amide bonds. The molecule has 0 radical (unpaired) electrons. The van der Waals surface area contributed by atoms with E-state index >= 15 is 0 Å². The van der Waals surface area contributed by atoms with E-state index in [1.165, 1.54) is 0 Å². The maximum atomic E-state index is 12.9. The molecular formula is C23H26BrN7O2. The lowest BCUT2D eigenvalue weighted by Gasteiger charge is -2.08. The third-order valence-corrected chi connectivity index (χ3v) is 6.68. The molecule has 0 unspecified atom stereocenters. The number of rotatable bonds is 7. The third-order valence-electron chi connectivity index (χ3n) is 5.53. The summed E-state index contributed by atoms with van der Waals surface area (Å²) in [5.74, 6) is 0.515. The van der Waals surface area contributed by atoms with Crippen molar-refractivity contribution in [1.82, 2.24) is 29.3 Å². The van der Waals surface area contributed by atoms with Crippen molar-refractivity contribution in [1.29, 1.82) is 0 Å². The van der Waals surface area contributed by atoms with Gasteiger partial charge in [-0.2, -0.15) is 15.3 Å². The highest BCUT2D eigenvalue weighted by Gasteiger charge is 2.18. The molecule has 172 valence electrons. The number of hydrogen-bond donors (Lipinski definition) is 1. The Morgan fingerprint density at radius 2 is 1.79 bits per heavy atom. The number of carbonyl (C=O) groups excluding carboxylic acids is 1. The van der Waals surface area contributed by atoms with Gasteiger partial charge in [-0.05, 0) is 67.4 Å². The van der Waals surface area contributed by atoms with Gasteiger partial charge in [-0.3, -0.25) is 14.2 Å². The van der Waals surface area contributed by atoms with Gasteiger partial charge in [0, 0.05) is 6.20 Å². The Kier molecular flexibility index (Phi) is 6.37. The summed E-state index contributed by atoms with van der Waals surface area (Å²) >= 11 is 3.53. The van der Waals surface area contributed by atoms with Gasteiger partial charge in [0.1, 0.15) is 12.4 Å². The van der Waals surface area contributed by atoms with Crippen molar-refractivity contribution in [2.75, 3.05) is 12.4 Å². The topological polar surface area (TPSA) is 91.8 Å². The molecule has 1 N–H and O–H groups in total. The van der Waals surface area contributed by atoms with Gasteiger partial charge in [0.25, 0.3) is 5.91 Å². The monoisotopic (exact) mass is 511 g/mol. The van der Waals surface area contributed by atoms with Crippen molar-refractivity contribution in [3.05, 3.63) is 75.0 Å². The Morgan fingerprint density at radius 3 is 2.48 bits per heavy atom. The van der Waals surface area contributed by atoms with Crippen LogP contribution in [0.1, 0.15) is 38.8 Å². The number of carbonyl (C=O) groups is 1. The van der Waals surface area contributed by atoms with Gasteiger partial charge in [0.05, 0.1) is 46.6 Å². The van der Waals surface area contributed by atoms with E-state index in [4.69, 9.17) is 4.74 Å². The Bertz CT molecular complexity index is 1320. The summed E-state index contributed by atoms with van der Waals surface area (Å²) in [6.07, 6.45) is 1.77. The predicted molar refractivity (Wildman–Crippen MR) is 129 cm³/mol. The van der Waals surface area contributed by atoms with Crippen LogP contribution in [0.4, 0.5) is 5.69 Å². The highest BCUT2D eigenvalue weighted by atomic mass is 79.9. The number of amides is 1. The van der Waals surface area contributed by atoms with Crippen LogP contribution in [0.25, 0.3) is 0 Å². The van der Waals surface area contributed by atoms with E-state index in [9.17, 15) is 4.79 Å². The Hall–Kier alpha value is -3.40. The molecule has 0 saturated carbocycles. The molecule has 4 aromatic rings. The lowest BCUT2D eigenvalue weighted by atomic mass is 10.2. The molecule has 3 heterocycles. The van der Waals surface area contributed by atoms with Crippen molar-refractivity contribution in [3.63, 3.8) is 0 Å². The summed E-state index contributed by atoms with van der Waals surface area (Å²) in [5.41, 5.74) is 5.62. The number of aromatic nitrogens is 6. The van der Waals surface area contributed by atoms with E-state index in [0.717, 1.165) is 38.6 Å². The fourth-order valence-corrected chi connectivity index (χ4v) is 3.95. The number of nitrogens with zero attached hydrogens (tertiary/aromatic N) is 6. The van der Waals surface area contributed by atoms with Gasteiger partial charge in [0.15, 0.2) is 5.69 Å². The molecule has 0 aliphatic carbocycles. The van der Waals surface area contributed by atoms with Crippen molar-refractivity contribution < 1.29 is 9.53 Å². The lowest BCUT2D eigenvalue weighted by molar-refractivity contribution is 0.102. The molecule has 0 spiro atoms. The number of ether oxygens (including phenoxy) is 1. The van der Waals surface area contributed by atoms with Crippen molar-refractivity contribution in [2.24, 2.45) is 0 Å². The molecule has 33 heavy (non-hydrogen) atoms. The van der Waals surface area contributed by atoms with E-state index in [0.29, 0.717) is 24.6 Å². The summed E-state index contributed by atoms with van der Waals surface area (Å²) in [5, 5.41) is 16.5. The SMILES string of the molecule is COc1cccc(Cn2nc(C)c(NC(=O)c3ccn(Cn4nc(C)c(Br)c4C)n3)c2C)c1. The lowest BCUT2D eigenvalue weighted by Crippen LogP contribution is -2.16. The van der Waals surface area contributed by atoms with Crippen LogP contribution in [-0.4, -0.2) is 42.4 Å². The molecule has 1 aromatic carbocycles. The number of nitrogens with one attached hydrogen (secondary N) is 1.